The number of hydrogen-bond acceptors (Lipinski definition) is 2. The Balaban J connectivity index is 2.65. The zero-order valence-corrected chi connectivity index (χ0v) is 9.60. The van der Waals surface area contributed by atoms with E-state index in [9.17, 15) is 4.79 Å². The van der Waals surface area contributed by atoms with Crippen LogP contribution in [0.25, 0.3) is 0 Å². The minimum absolute atomic E-state index is 0.270. The fourth-order valence-electron chi connectivity index (χ4n) is 0.796. The minimum Gasteiger partial charge on any atom is -0.346 e. The van der Waals surface area contributed by atoms with E-state index in [1.165, 1.54) is 12.3 Å². The van der Waals surface area contributed by atoms with Crippen molar-refractivity contribution in [1.82, 2.24) is 10.3 Å². The fourth-order valence-corrected chi connectivity index (χ4v) is 1.10. The first-order valence-corrected chi connectivity index (χ1v) is 4.99. The van der Waals surface area contributed by atoms with E-state index in [2.05, 4.69) is 32.8 Å². The van der Waals surface area contributed by atoms with Crippen molar-refractivity contribution in [3.63, 3.8) is 0 Å². The Bertz CT molecular complexity index is 368. The number of aromatic nitrogens is 1. The van der Waals surface area contributed by atoms with Crippen molar-refractivity contribution in [2.75, 3.05) is 6.54 Å². The summed E-state index contributed by atoms with van der Waals surface area (Å²) in [6, 6.07) is 3.12. The average Bonchev–Trinajstić information content (AvgIpc) is 2.14. The first-order chi connectivity index (χ1) is 6.59. The van der Waals surface area contributed by atoms with Crippen LogP contribution >= 0.6 is 27.5 Å². The minimum atomic E-state index is -0.270. The van der Waals surface area contributed by atoms with Crippen molar-refractivity contribution in [2.45, 2.75) is 0 Å². The van der Waals surface area contributed by atoms with Gasteiger partial charge in [-0.2, -0.15) is 0 Å². The second-order valence-electron chi connectivity index (χ2n) is 2.56. The number of hydrogen-bond donors (Lipinski definition) is 1. The van der Waals surface area contributed by atoms with Gasteiger partial charge in [0.25, 0.3) is 5.91 Å². The average molecular weight is 276 g/mol. The molecule has 0 fully saturated rings. The van der Waals surface area contributed by atoms with E-state index in [0.29, 0.717) is 21.7 Å². The summed E-state index contributed by atoms with van der Waals surface area (Å²) in [4.78, 5) is 15.3. The fraction of sp³-hybridized carbons (Fsp3) is 0.111. The number of pyridine rings is 1. The lowest BCUT2D eigenvalue weighted by atomic mass is 10.3. The lowest BCUT2D eigenvalue weighted by Gasteiger charge is -2.02. The Labute approximate surface area is 95.3 Å². The van der Waals surface area contributed by atoms with Gasteiger partial charge in [0.1, 0.15) is 5.69 Å². The van der Waals surface area contributed by atoms with E-state index < -0.39 is 0 Å². The molecule has 0 spiro atoms. The van der Waals surface area contributed by atoms with Crippen LogP contribution in [0.15, 0.2) is 29.4 Å². The Morgan fingerprint density at radius 2 is 2.43 bits per heavy atom. The van der Waals surface area contributed by atoms with Crippen LogP contribution in [0.1, 0.15) is 10.5 Å². The molecule has 1 aromatic rings. The monoisotopic (exact) mass is 274 g/mol. The summed E-state index contributed by atoms with van der Waals surface area (Å²) in [6.07, 6.45) is 1.49. The summed E-state index contributed by atoms with van der Waals surface area (Å²) in [5, 5.41) is 3.11. The topological polar surface area (TPSA) is 42.0 Å². The van der Waals surface area contributed by atoms with Crippen LogP contribution < -0.4 is 5.32 Å². The molecule has 1 rings (SSSR count). The molecule has 0 atom stereocenters. The Kier molecular flexibility index (Phi) is 4.10. The first-order valence-electron chi connectivity index (χ1n) is 3.82. The second kappa shape index (κ2) is 5.12. The number of amides is 1. The molecule has 0 aliphatic carbocycles. The Hall–Kier alpha value is -0.870. The van der Waals surface area contributed by atoms with Crippen LogP contribution in [0.2, 0.25) is 5.02 Å². The van der Waals surface area contributed by atoms with Crippen LogP contribution in [0.4, 0.5) is 0 Å². The number of nitrogens with one attached hydrogen (secondary N) is 1. The molecule has 0 aromatic carbocycles. The van der Waals surface area contributed by atoms with Gasteiger partial charge in [-0.15, -0.1) is 0 Å². The molecule has 1 aromatic heterocycles. The van der Waals surface area contributed by atoms with Crippen molar-refractivity contribution in [3.8, 4) is 0 Å². The molecule has 0 aliphatic heterocycles. The van der Waals surface area contributed by atoms with Gasteiger partial charge in [0.2, 0.25) is 0 Å². The standard InChI is InChI=1S/C9H8BrClN2O/c1-6(10)5-13-9(14)8-4-7(11)2-3-12-8/h2-4H,1,5H2,(H,13,14). The molecule has 0 saturated carbocycles. The molecule has 0 aliphatic rings. The highest BCUT2D eigenvalue weighted by molar-refractivity contribution is 9.11. The van der Waals surface area contributed by atoms with Gasteiger partial charge in [0, 0.05) is 22.2 Å². The SMILES string of the molecule is C=C(Br)CNC(=O)c1cc(Cl)ccn1. The maximum absolute atomic E-state index is 11.4. The molecular formula is C9H8BrClN2O. The summed E-state index contributed by atoms with van der Waals surface area (Å²) in [6.45, 7) is 3.96. The van der Waals surface area contributed by atoms with E-state index >= 15 is 0 Å². The van der Waals surface area contributed by atoms with Crippen LogP contribution in [0, 0.1) is 0 Å². The maximum Gasteiger partial charge on any atom is 0.270 e. The lowest BCUT2D eigenvalue weighted by molar-refractivity contribution is 0.0953. The van der Waals surface area contributed by atoms with Gasteiger partial charge < -0.3 is 5.32 Å². The predicted molar refractivity (Wildman–Crippen MR) is 59.6 cm³/mol. The largest absolute Gasteiger partial charge is 0.346 e. The van der Waals surface area contributed by atoms with Crippen molar-refractivity contribution in [3.05, 3.63) is 40.1 Å². The van der Waals surface area contributed by atoms with Crippen LogP contribution in [0.3, 0.4) is 0 Å². The van der Waals surface area contributed by atoms with Crippen molar-refractivity contribution >= 4 is 33.4 Å². The second-order valence-corrected chi connectivity index (χ2v) is 4.12. The van der Waals surface area contributed by atoms with Gasteiger partial charge in [-0.05, 0) is 12.1 Å². The summed E-state index contributed by atoms with van der Waals surface area (Å²) >= 11 is 8.84. The molecular weight excluding hydrogens is 267 g/mol. The third-order valence-corrected chi connectivity index (χ3v) is 1.91. The van der Waals surface area contributed by atoms with Gasteiger partial charge >= 0.3 is 0 Å². The van der Waals surface area contributed by atoms with Crippen LogP contribution in [-0.4, -0.2) is 17.4 Å². The van der Waals surface area contributed by atoms with Crippen LogP contribution in [0.5, 0.6) is 0 Å². The Morgan fingerprint density at radius 3 is 3.00 bits per heavy atom. The lowest BCUT2D eigenvalue weighted by Crippen LogP contribution is -2.25. The highest BCUT2D eigenvalue weighted by atomic mass is 79.9. The number of nitrogens with zero attached hydrogens (tertiary/aromatic N) is 1. The summed E-state index contributed by atoms with van der Waals surface area (Å²) in [5.41, 5.74) is 0.297. The van der Waals surface area contributed by atoms with Crippen LogP contribution in [-0.2, 0) is 0 Å². The quantitative estimate of drug-likeness (QED) is 0.920. The predicted octanol–water partition coefficient (Wildman–Crippen LogP) is 2.37. The first kappa shape index (κ1) is 11.2. The molecule has 74 valence electrons. The highest BCUT2D eigenvalue weighted by Gasteiger charge is 2.06. The summed E-state index contributed by atoms with van der Waals surface area (Å²) in [7, 11) is 0. The number of halogens is 2. The summed E-state index contributed by atoms with van der Waals surface area (Å²) < 4.78 is 0.702. The molecule has 0 saturated heterocycles. The molecule has 1 N–H and O–H groups in total. The third kappa shape index (κ3) is 3.47. The van der Waals surface area contributed by atoms with Gasteiger partial charge in [-0.3, -0.25) is 9.78 Å². The highest BCUT2D eigenvalue weighted by Crippen LogP contribution is 2.07. The molecule has 14 heavy (non-hydrogen) atoms. The molecule has 0 radical (unpaired) electrons. The normalized spacial score (nSPS) is 9.57. The van der Waals surface area contributed by atoms with Crippen molar-refractivity contribution < 1.29 is 4.79 Å². The van der Waals surface area contributed by atoms with Gasteiger partial charge in [-0.25, -0.2) is 0 Å². The maximum atomic E-state index is 11.4. The van der Waals surface area contributed by atoms with E-state index in [1.54, 1.807) is 6.07 Å². The zero-order chi connectivity index (χ0) is 10.6. The molecule has 5 heteroatoms. The summed E-state index contributed by atoms with van der Waals surface area (Å²) in [5.74, 6) is -0.270. The molecule has 1 heterocycles. The van der Waals surface area contributed by atoms with E-state index in [-0.39, 0.29) is 5.91 Å². The van der Waals surface area contributed by atoms with Crippen molar-refractivity contribution in [1.29, 1.82) is 0 Å². The van der Waals surface area contributed by atoms with E-state index in [0.717, 1.165) is 0 Å². The smallest absolute Gasteiger partial charge is 0.270 e. The van der Waals surface area contributed by atoms with Gasteiger partial charge in [0.15, 0.2) is 0 Å². The molecule has 0 bridgehead atoms. The number of carbonyl (C=O) groups is 1. The molecule has 0 unspecified atom stereocenters. The van der Waals surface area contributed by atoms with Gasteiger partial charge in [-0.1, -0.05) is 34.1 Å². The number of carbonyl (C=O) groups excluding carboxylic acids is 1. The Morgan fingerprint density at radius 1 is 1.71 bits per heavy atom. The molecule has 1 amide bonds. The third-order valence-electron chi connectivity index (χ3n) is 1.40. The zero-order valence-electron chi connectivity index (χ0n) is 7.26. The van der Waals surface area contributed by atoms with E-state index in [1.807, 2.05) is 0 Å². The number of rotatable bonds is 3. The molecule has 3 nitrogen and oxygen atoms in total. The van der Waals surface area contributed by atoms with E-state index in [4.69, 9.17) is 11.6 Å². The van der Waals surface area contributed by atoms with Gasteiger partial charge in [0.05, 0.1) is 0 Å². The van der Waals surface area contributed by atoms with Crippen molar-refractivity contribution in [2.24, 2.45) is 0 Å².